The van der Waals surface area contributed by atoms with Gasteiger partial charge in [0, 0.05) is 11.6 Å². The molecule has 2 aromatic rings. The average molecular weight is 343 g/mol. The number of rotatable bonds is 7. The first-order chi connectivity index (χ1) is 12.0. The zero-order valence-electron chi connectivity index (χ0n) is 13.2. The second-order valence-electron chi connectivity index (χ2n) is 4.91. The second kappa shape index (κ2) is 8.92. The molecule has 0 aromatic heterocycles. The molecule has 0 aliphatic heterocycles. The quantitative estimate of drug-likeness (QED) is 0.437. The third-order valence-corrected chi connectivity index (χ3v) is 2.97. The number of hydrogen-bond acceptors (Lipinski definition) is 6. The van der Waals surface area contributed by atoms with Gasteiger partial charge >= 0.3 is 0 Å². The molecular weight excluding hydrogens is 326 g/mol. The molecule has 0 radical (unpaired) electrons. The van der Waals surface area contributed by atoms with Gasteiger partial charge in [0.15, 0.2) is 6.61 Å². The first kappa shape index (κ1) is 17.8. The average Bonchev–Trinajstić information content (AvgIpc) is 2.61. The Bertz CT molecular complexity index is 762. The number of hydrazone groups is 1. The van der Waals surface area contributed by atoms with E-state index >= 15 is 0 Å². The molecule has 0 aliphatic rings. The first-order valence-electron chi connectivity index (χ1n) is 7.33. The number of nitrogens with one attached hydrogen (secondary N) is 2. The van der Waals surface area contributed by atoms with Crippen LogP contribution in [-0.4, -0.2) is 41.4 Å². The van der Waals surface area contributed by atoms with Crippen LogP contribution in [0, 0.1) is 0 Å². The van der Waals surface area contributed by atoms with Gasteiger partial charge in [0.05, 0.1) is 12.8 Å². The van der Waals surface area contributed by atoms with Gasteiger partial charge in [-0.2, -0.15) is 5.10 Å². The molecule has 25 heavy (non-hydrogen) atoms. The third-order valence-electron chi connectivity index (χ3n) is 2.97. The number of phenolic OH excluding ortho intramolecular Hbond substituents is 2. The number of aromatic hydroxyl groups is 2. The van der Waals surface area contributed by atoms with E-state index in [1.165, 1.54) is 18.3 Å². The Kier molecular flexibility index (Phi) is 6.35. The van der Waals surface area contributed by atoms with Gasteiger partial charge in [-0.1, -0.05) is 18.2 Å². The molecule has 0 fully saturated rings. The van der Waals surface area contributed by atoms with E-state index in [0.29, 0.717) is 11.3 Å². The smallest absolute Gasteiger partial charge is 0.259 e. The molecule has 0 heterocycles. The third kappa shape index (κ3) is 6.22. The zero-order valence-corrected chi connectivity index (χ0v) is 13.2. The van der Waals surface area contributed by atoms with Crippen LogP contribution >= 0.6 is 0 Å². The van der Waals surface area contributed by atoms with Gasteiger partial charge in [-0.15, -0.1) is 0 Å². The monoisotopic (exact) mass is 343 g/mol. The van der Waals surface area contributed by atoms with Crippen LogP contribution in [0.2, 0.25) is 0 Å². The van der Waals surface area contributed by atoms with Crippen LogP contribution in [0.3, 0.4) is 0 Å². The topological polar surface area (TPSA) is 120 Å². The molecule has 0 bridgehead atoms. The molecule has 4 N–H and O–H groups in total. The van der Waals surface area contributed by atoms with E-state index in [1.54, 1.807) is 24.3 Å². The summed E-state index contributed by atoms with van der Waals surface area (Å²) in [5.41, 5.74) is 2.52. The number of para-hydroxylation sites is 1. The Morgan fingerprint density at radius 2 is 1.84 bits per heavy atom. The van der Waals surface area contributed by atoms with Gasteiger partial charge in [-0.3, -0.25) is 9.59 Å². The second-order valence-corrected chi connectivity index (χ2v) is 4.91. The van der Waals surface area contributed by atoms with E-state index in [2.05, 4.69) is 15.8 Å². The van der Waals surface area contributed by atoms with Crippen LogP contribution in [0.25, 0.3) is 0 Å². The van der Waals surface area contributed by atoms with Crippen LogP contribution < -0.4 is 15.5 Å². The Labute approximate surface area is 143 Å². The normalized spacial score (nSPS) is 10.4. The SMILES string of the molecule is O=C(COc1ccccc1)NCC(=O)N/N=C\c1ccc(O)cc1O. The van der Waals surface area contributed by atoms with E-state index in [9.17, 15) is 14.7 Å². The summed E-state index contributed by atoms with van der Waals surface area (Å²) in [5.74, 6) is -0.689. The predicted octanol–water partition coefficient (Wildman–Crippen LogP) is 0.743. The lowest BCUT2D eigenvalue weighted by Crippen LogP contribution is -2.37. The largest absolute Gasteiger partial charge is 0.508 e. The van der Waals surface area contributed by atoms with Crippen molar-refractivity contribution in [2.45, 2.75) is 0 Å². The number of hydrogen-bond donors (Lipinski definition) is 4. The van der Waals surface area contributed by atoms with Gasteiger partial charge in [-0.05, 0) is 24.3 Å². The van der Waals surface area contributed by atoms with E-state index in [4.69, 9.17) is 9.84 Å². The summed E-state index contributed by atoms with van der Waals surface area (Å²) in [6.07, 6.45) is 1.22. The minimum absolute atomic E-state index is 0.0841. The molecular formula is C17H17N3O5. The molecule has 0 saturated heterocycles. The predicted molar refractivity (Wildman–Crippen MR) is 90.5 cm³/mol. The fourth-order valence-electron chi connectivity index (χ4n) is 1.75. The minimum Gasteiger partial charge on any atom is -0.508 e. The summed E-state index contributed by atoms with van der Waals surface area (Å²) in [7, 11) is 0. The highest BCUT2D eigenvalue weighted by Gasteiger charge is 2.06. The lowest BCUT2D eigenvalue weighted by atomic mass is 10.2. The standard InChI is InChI=1S/C17H17N3O5/c21-13-7-6-12(15(22)8-13)9-19-20-16(23)10-18-17(24)11-25-14-4-2-1-3-5-14/h1-9,21-22H,10-11H2,(H,18,24)(H,20,23)/b19-9-. The molecule has 8 nitrogen and oxygen atoms in total. The Morgan fingerprint density at radius 1 is 1.08 bits per heavy atom. The maximum Gasteiger partial charge on any atom is 0.259 e. The maximum atomic E-state index is 11.6. The van der Waals surface area contributed by atoms with Crippen LogP contribution in [0.4, 0.5) is 0 Å². The molecule has 2 rings (SSSR count). The molecule has 0 spiro atoms. The number of carbonyl (C=O) groups is 2. The lowest BCUT2D eigenvalue weighted by Gasteiger charge is -2.06. The van der Waals surface area contributed by atoms with Gasteiger partial charge < -0.3 is 20.3 Å². The summed E-state index contributed by atoms with van der Waals surface area (Å²) in [6.45, 7) is -0.474. The van der Waals surface area contributed by atoms with Crippen molar-refractivity contribution in [2.75, 3.05) is 13.2 Å². The molecule has 2 amide bonds. The highest BCUT2D eigenvalue weighted by Crippen LogP contribution is 2.20. The summed E-state index contributed by atoms with van der Waals surface area (Å²) in [4.78, 5) is 23.1. The van der Waals surface area contributed by atoms with Crippen molar-refractivity contribution in [3.05, 3.63) is 54.1 Å². The molecule has 2 aromatic carbocycles. The number of nitrogens with zero attached hydrogens (tertiary/aromatic N) is 1. The number of phenols is 2. The van der Waals surface area contributed by atoms with Crippen LogP contribution in [0.1, 0.15) is 5.56 Å². The summed E-state index contributed by atoms with van der Waals surface area (Å²) >= 11 is 0. The molecule has 0 atom stereocenters. The van der Waals surface area contributed by atoms with E-state index in [-0.39, 0.29) is 24.7 Å². The van der Waals surface area contributed by atoms with Crippen LogP contribution in [-0.2, 0) is 9.59 Å². The number of benzene rings is 2. The Hall–Kier alpha value is -3.55. The zero-order chi connectivity index (χ0) is 18.1. The number of carbonyl (C=O) groups excluding carboxylic acids is 2. The van der Waals surface area contributed by atoms with Gasteiger partial charge in [0.1, 0.15) is 17.2 Å². The van der Waals surface area contributed by atoms with Crippen molar-refractivity contribution in [1.82, 2.24) is 10.7 Å². The van der Waals surface area contributed by atoms with Crippen molar-refractivity contribution in [2.24, 2.45) is 5.10 Å². The molecule has 130 valence electrons. The minimum atomic E-state index is -0.539. The first-order valence-corrected chi connectivity index (χ1v) is 7.33. The van der Waals surface area contributed by atoms with Crippen LogP contribution in [0.5, 0.6) is 17.2 Å². The fraction of sp³-hybridized carbons (Fsp3) is 0.118. The maximum absolute atomic E-state index is 11.6. The van der Waals surface area contributed by atoms with Crippen molar-refractivity contribution < 1.29 is 24.5 Å². The summed E-state index contributed by atoms with van der Waals surface area (Å²) in [5, 5.41) is 24.8. The highest BCUT2D eigenvalue weighted by atomic mass is 16.5. The van der Waals surface area contributed by atoms with E-state index in [1.807, 2.05) is 6.07 Å². The van der Waals surface area contributed by atoms with Crippen molar-refractivity contribution >= 4 is 18.0 Å². The van der Waals surface area contributed by atoms with Gasteiger partial charge in [0.2, 0.25) is 0 Å². The molecule has 8 heteroatoms. The van der Waals surface area contributed by atoms with Crippen molar-refractivity contribution in [1.29, 1.82) is 0 Å². The van der Waals surface area contributed by atoms with E-state index < -0.39 is 11.8 Å². The molecule has 0 unspecified atom stereocenters. The number of ether oxygens (including phenoxy) is 1. The number of amides is 2. The van der Waals surface area contributed by atoms with Crippen molar-refractivity contribution in [3.63, 3.8) is 0 Å². The Morgan fingerprint density at radius 3 is 2.56 bits per heavy atom. The van der Waals surface area contributed by atoms with Crippen LogP contribution in [0.15, 0.2) is 53.6 Å². The Balaban J connectivity index is 1.69. The summed E-state index contributed by atoms with van der Waals surface area (Å²) < 4.78 is 5.24. The molecule has 0 aliphatic carbocycles. The van der Waals surface area contributed by atoms with E-state index in [0.717, 1.165) is 6.07 Å². The van der Waals surface area contributed by atoms with Crippen molar-refractivity contribution in [3.8, 4) is 17.2 Å². The molecule has 0 saturated carbocycles. The fourth-order valence-corrected chi connectivity index (χ4v) is 1.75. The highest BCUT2D eigenvalue weighted by molar-refractivity contribution is 5.87. The van der Waals surface area contributed by atoms with Gasteiger partial charge in [0.25, 0.3) is 11.8 Å². The summed E-state index contributed by atoms with van der Waals surface area (Å²) in [6, 6.07) is 12.8. The lowest BCUT2D eigenvalue weighted by molar-refractivity contribution is -0.127. The van der Waals surface area contributed by atoms with Gasteiger partial charge in [-0.25, -0.2) is 5.43 Å².